The normalized spacial score (nSPS) is 17.2. The van der Waals surface area contributed by atoms with Gasteiger partial charge in [0.25, 0.3) is 0 Å². The molecule has 2 N–H and O–H groups in total. The van der Waals surface area contributed by atoms with Gasteiger partial charge in [-0.05, 0) is 62.8 Å². The van der Waals surface area contributed by atoms with Gasteiger partial charge in [-0.15, -0.1) is 0 Å². The van der Waals surface area contributed by atoms with Crippen molar-refractivity contribution in [3.63, 3.8) is 0 Å². The number of methoxy groups -OCH3 is 1. The maximum atomic E-state index is 12.7. The van der Waals surface area contributed by atoms with Gasteiger partial charge in [-0.3, -0.25) is 19.0 Å². The van der Waals surface area contributed by atoms with E-state index < -0.39 is 5.97 Å². The lowest BCUT2D eigenvalue weighted by atomic mass is 9.95. The molecule has 54 heavy (non-hydrogen) atoms. The minimum atomic E-state index is -0.473. The Morgan fingerprint density at radius 2 is 1.17 bits per heavy atom. The SMILES string of the molecule is COC(=O)c1ccc(-c2nc(Nc3cnn(C4CN(C(=O)C5CC5)C4)c3)ncc2C)c(-c2nc(Nc3cnn(C4CN(C(=O)C5CC5)C4)c3)ncc2C)c1. The van der Waals surface area contributed by atoms with Crippen LogP contribution < -0.4 is 10.6 Å². The van der Waals surface area contributed by atoms with Crippen LogP contribution in [0.5, 0.6) is 0 Å². The quantitative estimate of drug-likeness (QED) is 0.183. The zero-order valence-corrected chi connectivity index (χ0v) is 30.3. The van der Waals surface area contributed by atoms with Crippen molar-refractivity contribution in [3.05, 3.63) is 72.1 Å². The van der Waals surface area contributed by atoms with E-state index in [9.17, 15) is 14.4 Å². The highest BCUT2D eigenvalue weighted by Gasteiger charge is 2.41. The van der Waals surface area contributed by atoms with E-state index in [2.05, 4.69) is 30.8 Å². The van der Waals surface area contributed by atoms with E-state index in [0.29, 0.717) is 66.3 Å². The van der Waals surface area contributed by atoms with Crippen LogP contribution in [0.3, 0.4) is 0 Å². The predicted molar refractivity (Wildman–Crippen MR) is 197 cm³/mol. The topological polar surface area (TPSA) is 178 Å². The monoisotopic (exact) mass is 728 g/mol. The lowest BCUT2D eigenvalue weighted by Crippen LogP contribution is -2.51. The molecule has 1 aromatic carbocycles. The zero-order chi connectivity index (χ0) is 37.1. The molecule has 0 atom stereocenters. The molecule has 0 spiro atoms. The van der Waals surface area contributed by atoms with Crippen molar-refractivity contribution in [1.82, 2.24) is 49.3 Å². The van der Waals surface area contributed by atoms with Gasteiger partial charge in [-0.25, -0.2) is 24.7 Å². The molecule has 2 aliphatic carbocycles. The molecule has 0 bridgehead atoms. The summed E-state index contributed by atoms with van der Waals surface area (Å²) in [6.45, 7) is 6.50. The Balaban J connectivity index is 0.957. The number of carbonyl (C=O) groups is 3. The van der Waals surface area contributed by atoms with Crippen LogP contribution in [0.25, 0.3) is 22.5 Å². The third kappa shape index (κ3) is 6.52. The van der Waals surface area contributed by atoms with E-state index in [0.717, 1.165) is 48.1 Å². The van der Waals surface area contributed by atoms with E-state index in [1.54, 1.807) is 36.9 Å². The summed E-state index contributed by atoms with van der Waals surface area (Å²) in [6.07, 6.45) is 14.7. The molecule has 0 unspecified atom stereocenters. The first-order valence-corrected chi connectivity index (χ1v) is 18.3. The van der Waals surface area contributed by atoms with Gasteiger partial charge in [-0.2, -0.15) is 10.2 Å². The first-order chi connectivity index (χ1) is 26.2. The second-order valence-electron chi connectivity index (χ2n) is 14.7. The van der Waals surface area contributed by atoms with Gasteiger partial charge in [0.1, 0.15) is 0 Å². The first kappa shape index (κ1) is 33.6. The Labute approximate surface area is 311 Å². The van der Waals surface area contributed by atoms with Crippen LogP contribution in [0.15, 0.2) is 55.4 Å². The molecule has 4 aromatic heterocycles. The van der Waals surface area contributed by atoms with Crippen molar-refractivity contribution >= 4 is 41.1 Å². The van der Waals surface area contributed by atoms with Crippen molar-refractivity contribution in [2.75, 3.05) is 43.9 Å². The number of hydrogen-bond donors (Lipinski definition) is 2. The number of amides is 2. The molecule has 5 aromatic rings. The molecule has 9 rings (SSSR count). The average molecular weight is 729 g/mol. The summed E-state index contributed by atoms with van der Waals surface area (Å²) in [5.74, 6) is 1.20. The molecule has 276 valence electrons. The van der Waals surface area contributed by atoms with Crippen molar-refractivity contribution in [3.8, 4) is 22.5 Å². The van der Waals surface area contributed by atoms with E-state index in [4.69, 9.17) is 14.7 Å². The molecule has 2 saturated heterocycles. The Kier molecular flexibility index (Phi) is 8.31. The maximum Gasteiger partial charge on any atom is 0.337 e. The lowest BCUT2D eigenvalue weighted by Gasteiger charge is -2.39. The molecule has 4 aliphatic rings. The lowest BCUT2D eigenvalue weighted by molar-refractivity contribution is -0.139. The summed E-state index contributed by atoms with van der Waals surface area (Å²) in [7, 11) is 1.35. The fourth-order valence-electron chi connectivity index (χ4n) is 6.99. The van der Waals surface area contributed by atoms with E-state index in [-0.39, 0.29) is 35.7 Å². The molecule has 16 nitrogen and oxygen atoms in total. The highest BCUT2D eigenvalue weighted by molar-refractivity contribution is 5.94. The third-order valence-corrected chi connectivity index (χ3v) is 10.6. The third-order valence-electron chi connectivity index (χ3n) is 10.6. The van der Waals surface area contributed by atoms with Gasteiger partial charge in [0.2, 0.25) is 23.7 Å². The number of aryl methyl sites for hydroxylation is 2. The number of nitrogens with zero attached hydrogens (tertiary/aromatic N) is 10. The second kappa shape index (κ2) is 13.3. The maximum absolute atomic E-state index is 12.7. The second-order valence-corrected chi connectivity index (χ2v) is 14.7. The fraction of sp³-hybridized carbons (Fsp3) is 0.395. The van der Waals surface area contributed by atoms with Crippen LogP contribution in [0, 0.1) is 25.7 Å². The fourth-order valence-corrected chi connectivity index (χ4v) is 6.99. The van der Waals surface area contributed by atoms with Crippen molar-refractivity contribution in [2.45, 2.75) is 51.6 Å². The average Bonchev–Trinajstić information content (AvgIpc) is 4.07. The number of hydrogen-bond acceptors (Lipinski definition) is 12. The zero-order valence-electron chi connectivity index (χ0n) is 30.3. The minimum Gasteiger partial charge on any atom is -0.465 e. The van der Waals surface area contributed by atoms with Crippen LogP contribution in [0.2, 0.25) is 0 Å². The minimum absolute atomic E-state index is 0.130. The molecular weight excluding hydrogens is 688 g/mol. The summed E-state index contributed by atoms with van der Waals surface area (Å²) < 4.78 is 8.82. The van der Waals surface area contributed by atoms with Crippen molar-refractivity contribution in [1.29, 1.82) is 0 Å². The van der Waals surface area contributed by atoms with Gasteiger partial charge in [0, 0.05) is 73.9 Å². The molecule has 16 heteroatoms. The van der Waals surface area contributed by atoms with Crippen LogP contribution in [-0.2, 0) is 14.3 Å². The van der Waals surface area contributed by atoms with E-state index >= 15 is 0 Å². The van der Waals surface area contributed by atoms with Crippen LogP contribution in [-0.4, -0.2) is 100 Å². The van der Waals surface area contributed by atoms with Crippen LogP contribution >= 0.6 is 0 Å². The number of anilines is 4. The number of esters is 1. The van der Waals surface area contributed by atoms with Gasteiger partial charge in [0.15, 0.2) is 0 Å². The molecular formula is C38H40N12O4. The smallest absolute Gasteiger partial charge is 0.337 e. The van der Waals surface area contributed by atoms with Gasteiger partial charge in [0.05, 0.1) is 59.9 Å². The number of ether oxygens (including phenoxy) is 1. The van der Waals surface area contributed by atoms with Crippen molar-refractivity contribution in [2.24, 2.45) is 11.8 Å². The summed E-state index contributed by atoms with van der Waals surface area (Å²) in [5.41, 5.74) is 6.10. The predicted octanol–water partition coefficient (Wildman–Crippen LogP) is 4.47. The molecule has 2 amide bonds. The Morgan fingerprint density at radius 3 is 1.63 bits per heavy atom. The largest absolute Gasteiger partial charge is 0.465 e. The Hall–Kier alpha value is -6.19. The first-order valence-electron chi connectivity index (χ1n) is 18.3. The molecule has 6 heterocycles. The van der Waals surface area contributed by atoms with Crippen LogP contribution in [0.4, 0.5) is 23.3 Å². The van der Waals surface area contributed by atoms with E-state index in [1.807, 2.05) is 51.5 Å². The number of nitrogens with one attached hydrogen (secondary N) is 2. The Bertz CT molecular complexity index is 2280. The summed E-state index contributed by atoms with van der Waals surface area (Å²) in [6, 6.07) is 5.59. The van der Waals surface area contributed by atoms with Gasteiger partial charge >= 0.3 is 5.97 Å². The van der Waals surface area contributed by atoms with Crippen molar-refractivity contribution < 1.29 is 19.1 Å². The Morgan fingerprint density at radius 1 is 0.685 bits per heavy atom. The molecule has 0 radical (unpaired) electrons. The highest BCUT2D eigenvalue weighted by Crippen LogP contribution is 2.38. The molecule has 2 aliphatic heterocycles. The molecule has 2 saturated carbocycles. The van der Waals surface area contributed by atoms with E-state index in [1.165, 1.54) is 7.11 Å². The summed E-state index contributed by atoms with van der Waals surface area (Å²) in [4.78, 5) is 60.3. The number of carbonyl (C=O) groups excluding carboxylic acids is 3. The number of aromatic nitrogens is 8. The number of rotatable bonds is 11. The number of likely N-dealkylation sites (tertiary alicyclic amines) is 2. The molecule has 4 fully saturated rings. The van der Waals surface area contributed by atoms with Crippen LogP contribution in [0.1, 0.15) is 59.3 Å². The number of benzene rings is 1. The highest BCUT2D eigenvalue weighted by atomic mass is 16.5. The standard InChI is InChI=1S/C38H40N12O4/c1-21-11-39-37(43-26-13-41-49(15-26)28-17-47(18-28)34(51)23-4-5-23)45-32(21)30-9-8-25(36(53)54-3)10-31(30)33-22(2)12-40-38(46-33)44-27-14-42-50(16-27)29-19-48(20-29)35(52)24-6-7-24/h8-16,23-24,28-29H,4-7,17-20H2,1-3H3,(H,39,43,45)(H,40,44,46). The summed E-state index contributed by atoms with van der Waals surface area (Å²) >= 11 is 0. The van der Waals surface area contributed by atoms with Gasteiger partial charge in [-0.1, -0.05) is 6.07 Å². The van der Waals surface area contributed by atoms with Gasteiger partial charge < -0.3 is 25.2 Å². The summed E-state index contributed by atoms with van der Waals surface area (Å²) in [5, 5.41) is 15.6.